The molecule has 27 heavy (non-hydrogen) atoms. The summed E-state index contributed by atoms with van der Waals surface area (Å²) in [5.74, 6) is 0.926. The molecule has 0 radical (unpaired) electrons. The first kappa shape index (κ1) is 18.2. The molecule has 3 aliphatic heterocycles. The smallest absolute Gasteiger partial charge is 0.313 e. The molecule has 0 spiro atoms. The number of carbonyl (C=O) groups is 1. The molecule has 146 valence electrons. The number of anilines is 2. The summed E-state index contributed by atoms with van der Waals surface area (Å²) in [6, 6.07) is 1.96. The summed E-state index contributed by atoms with van der Waals surface area (Å²) in [5.41, 5.74) is 0.164. The normalized spacial score (nSPS) is 28.4. The van der Waals surface area contributed by atoms with Crippen LogP contribution < -0.4 is 9.80 Å². The Morgan fingerprint density at radius 2 is 2.11 bits per heavy atom. The van der Waals surface area contributed by atoms with Gasteiger partial charge in [0.15, 0.2) is 0 Å². The minimum absolute atomic E-state index is 0.0945. The molecule has 3 aliphatic rings. The number of carboxylic acids is 1. The third-order valence-electron chi connectivity index (χ3n) is 5.94. The maximum atomic E-state index is 12.2. The number of aryl methyl sites for hydroxylation is 1. The van der Waals surface area contributed by atoms with Crippen molar-refractivity contribution in [3.63, 3.8) is 0 Å². The lowest BCUT2D eigenvalue weighted by atomic mass is 9.81. The molecule has 0 saturated carbocycles. The first-order valence-corrected chi connectivity index (χ1v) is 9.52. The third kappa shape index (κ3) is 3.27. The van der Waals surface area contributed by atoms with E-state index in [9.17, 15) is 9.90 Å². The van der Waals surface area contributed by atoms with E-state index in [1.165, 1.54) is 0 Å². The Morgan fingerprint density at radius 1 is 1.33 bits per heavy atom. The van der Waals surface area contributed by atoms with Crippen molar-refractivity contribution in [1.82, 2.24) is 14.9 Å². The molecule has 3 fully saturated rings. The van der Waals surface area contributed by atoms with Crippen molar-refractivity contribution >= 4 is 17.7 Å². The molecule has 0 bridgehead atoms. The molecule has 4 rings (SSSR count). The standard InChI is InChI=1S/C19H27N5O3/c1-3-4-22-10-15-11-24(13-19(15,12-22)17(25)26)16-9-14(2)20-18(21-16)23-5-7-27-8-6-23/h3,9,15H,1,4-8,10-13H2,2H3,(H,25,26)/t15-,19-/m1/s1. The van der Waals surface area contributed by atoms with Gasteiger partial charge >= 0.3 is 5.97 Å². The number of nitrogens with zero attached hydrogens (tertiary/aromatic N) is 5. The van der Waals surface area contributed by atoms with E-state index in [0.29, 0.717) is 38.8 Å². The maximum absolute atomic E-state index is 12.2. The Morgan fingerprint density at radius 3 is 2.78 bits per heavy atom. The molecule has 2 atom stereocenters. The second-order valence-electron chi connectivity index (χ2n) is 7.79. The van der Waals surface area contributed by atoms with Gasteiger partial charge in [-0.05, 0) is 6.92 Å². The van der Waals surface area contributed by atoms with Gasteiger partial charge in [0, 0.05) is 63.5 Å². The Bertz CT molecular complexity index is 736. The second-order valence-corrected chi connectivity index (χ2v) is 7.79. The van der Waals surface area contributed by atoms with E-state index in [1.807, 2.05) is 19.1 Å². The number of aliphatic carboxylic acids is 1. The van der Waals surface area contributed by atoms with Crippen molar-refractivity contribution in [3.05, 3.63) is 24.4 Å². The molecule has 0 aliphatic carbocycles. The Hall–Kier alpha value is -2.19. The van der Waals surface area contributed by atoms with Crippen LogP contribution in [0.3, 0.4) is 0 Å². The van der Waals surface area contributed by atoms with Crippen molar-refractivity contribution < 1.29 is 14.6 Å². The van der Waals surface area contributed by atoms with Crippen LogP contribution >= 0.6 is 0 Å². The van der Waals surface area contributed by atoms with Gasteiger partial charge in [-0.2, -0.15) is 4.98 Å². The molecule has 1 aromatic heterocycles. The van der Waals surface area contributed by atoms with Crippen LogP contribution in [0.1, 0.15) is 5.69 Å². The summed E-state index contributed by atoms with van der Waals surface area (Å²) in [7, 11) is 0. The Balaban J connectivity index is 1.57. The molecule has 0 aromatic carbocycles. The van der Waals surface area contributed by atoms with Gasteiger partial charge < -0.3 is 19.6 Å². The van der Waals surface area contributed by atoms with Gasteiger partial charge in [0.05, 0.1) is 13.2 Å². The number of ether oxygens (including phenoxy) is 1. The van der Waals surface area contributed by atoms with E-state index >= 15 is 0 Å². The summed E-state index contributed by atoms with van der Waals surface area (Å²) in [5, 5.41) is 10.0. The van der Waals surface area contributed by atoms with Crippen LogP contribution in [0.4, 0.5) is 11.8 Å². The first-order chi connectivity index (χ1) is 13.0. The fourth-order valence-electron chi connectivity index (χ4n) is 4.57. The summed E-state index contributed by atoms with van der Waals surface area (Å²) >= 11 is 0. The van der Waals surface area contributed by atoms with Crippen molar-refractivity contribution in [2.24, 2.45) is 11.3 Å². The Kier molecular flexibility index (Phi) is 4.77. The van der Waals surface area contributed by atoms with Crippen LogP contribution in [-0.4, -0.2) is 85.0 Å². The number of hydrogen-bond acceptors (Lipinski definition) is 7. The molecule has 3 saturated heterocycles. The molecule has 0 unspecified atom stereocenters. The summed E-state index contributed by atoms with van der Waals surface area (Å²) in [6.45, 7) is 11.9. The summed E-state index contributed by atoms with van der Waals surface area (Å²) in [4.78, 5) is 28.0. The molecule has 4 heterocycles. The number of likely N-dealkylation sites (tertiary alicyclic amines) is 1. The van der Waals surface area contributed by atoms with Crippen molar-refractivity contribution in [1.29, 1.82) is 0 Å². The largest absolute Gasteiger partial charge is 0.481 e. The zero-order chi connectivity index (χ0) is 19.0. The second kappa shape index (κ2) is 7.09. The highest BCUT2D eigenvalue weighted by atomic mass is 16.5. The minimum Gasteiger partial charge on any atom is -0.481 e. The van der Waals surface area contributed by atoms with Crippen LogP contribution in [-0.2, 0) is 9.53 Å². The SMILES string of the molecule is C=CCN1C[C@@H]2CN(c3cc(C)nc(N4CCOCC4)n3)C[C@]2(C(=O)O)C1. The first-order valence-electron chi connectivity index (χ1n) is 9.52. The highest BCUT2D eigenvalue weighted by Crippen LogP contribution is 2.44. The fourth-order valence-corrected chi connectivity index (χ4v) is 4.57. The number of fused-ring (bicyclic) bond motifs is 1. The van der Waals surface area contributed by atoms with Gasteiger partial charge in [0.2, 0.25) is 5.95 Å². The van der Waals surface area contributed by atoms with Gasteiger partial charge in [0.25, 0.3) is 0 Å². The monoisotopic (exact) mass is 373 g/mol. The quantitative estimate of drug-likeness (QED) is 0.753. The van der Waals surface area contributed by atoms with Gasteiger partial charge in [0.1, 0.15) is 11.2 Å². The fraction of sp³-hybridized carbons (Fsp3) is 0.632. The third-order valence-corrected chi connectivity index (χ3v) is 5.94. The zero-order valence-electron chi connectivity index (χ0n) is 15.8. The zero-order valence-corrected chi connectivity index (χ0v) is 15.8. The van der Waals surface area contributed by atoms with Crippen molar-refractivity contribution in [2.75, 3.05) is 68.8 Å². The van der Waals surface area contributed by atoms with E-state index in [2.05, 4.69) is 26.3 Å². The minimum atomic E-state index is -0.735. The number of hydrogen-bond donors (Lipinski definition) is 1. The highest BCUT2D eigenvalue weighted by molar-refractivity contribution is 5.78. The summed E-state index contributed by atoms with van der Waals surface area (Å²) < 4.78 is 5.42. The molecule has 1 aromatic rings. The van der Waals surface area contributed by atoms with Gasteiger partial charge in [-0.1, -0.05) is 6.08 Å². The van der Waals surface area contributed by atoms with Crippen LogP contribution in [0, 0.1) is 18.3 Å². The van der Waals surface area contributed by atoms with Crippen LogP contribution in [0.5, 0.6) is 0 Å². The molecule has 8 heteroatoms. The van der Waals surface area contributed by atoms with Crippen LogP contribution in [0.15, 0.2) is 18.7 Å². The van der Waals surface area contributed by atoms with Crippen LogP contribution in [0.2, 0.25) is 0 Å². The van der Waals surface area contributed by atoms with Crippen molar-refractivity contribution in [3.8, 4) is 0 Å². The number of morpholine rings is 1. The maximum Gasteiger partial charge on any atom is 0.313 e. The van der Waals surface area contributed by atoms with Gasteiger partial charge in [-0.15, -0.1) is 6.58 Å². The Labute approximate surface area is 159 Å². The predicted octanol–water partition coefficient (Wildman–Crippen LogP) is 0.630. The average molecular weight is 373 g/mol. The lowest BCUT2D eigenvalue weighted by molar-refractivity contribution is -0.148. The molecular weight excluding hydrogens is 346 g/mol. The van der Waals surface area contributed by atoms with E-state index in [-0.39, 0.29) is 5.92 Å². The number of aromatic nitrogens is 2. The average Bonchev–Trinajstić information content (AvgIpc) is 3.17. The van der Waals surface area contributed by atoms with E-state index in [1.54, 1.807) is 0 Å². The molecule has 1 N–H and O–H groups in total. The lowest BCUT2D eigenvalue weighted by Gasteiger charge is -2.29. The number of carboxylic acid groups (broad SMARTS) is 1. The number of rotatable bonds is 5. The highest BCUT2D eigenvalue weighted by Gasteiger charge is 2.57. The van der Waals surface area contributed by atoms with E-state index < -0.39 is 11.4 Å². The molecule has 0 amide bonds. The lowest BCUT2D eigenvalue weighted by Crippen LogP contribution is -2.41. The van der Waals surface area contributed by atoms with E-state index in [0.717, 1.165) is 37.7 Å². The van der Waals surface area contributed by atoms with E-state index in [4.69, 9.17) is 9.72 Å². The van der Waals surface area contributed by atoms with Crippen molar-refractivity contribution in [2.45, 2.75) is 6.92 Å². The van der Waals surface area contributed by atoms with Crippen LogP contribution in [0.25, 0.3) is 0 Å². The predicted molar refractivity (Wildman–Crippen MR) is 102 cm³/mol. The molecule has 8 nitrogen and oxygen atoms in total. The molecular formula is C19H27N5O3. The van der Waals surface area contributed by atoms with Gasteiger partial charge in [-0.3, -0.25) is 9.69 Å². The summed E-state index contributed by atoms with van der Waals surface area (Å²) in [6.07, 6.45) is 1.84. The van der Waals surface area contributed by atoms with Gasteiger partial charge in [-0.25, -0.2) is 4.98 Å². The topological polar surface area (TPSA) is 82.0 Å².